The number of halogens is 1. The van der Waals surface area contributed by atoms with Crippen molar-refractivity contribution in [2.45, 2.75) is 71.3 Å². The van der Waals surface area contributed by atoms with E-state index in [4.69, 9.17) is 4.74 Å². The average Bonchev–Trinajstić information content (AvgIpc) is 2.14. The zero-order chi connectivity index (χ0) is 11.6. The zero-order valence-electron chi connectivity index (χ0n) is 10.7. The van der Waals surface area contributed by atoms with E-state index in [-0.39, 0.29) is 5.60 Å². The summed E-state index contributed by atoms with van der Waals surface area (Å²) in [6, 6.07) is 0. The van der Waals surface area contributed by atoms with E-state index in [0.717, 1.165) is 11.9 Å². The molecule has 0 bridgehead atoms. The minimum atomic E-state index is 0.0376. The van der Waals surface area contributed by atoms with Gasteiger partial charge in [0.25, 0.3) is 0 Å². The number of hydrogen-bond donors (Lipinski definition) is 0. The molecule has 2 heteroatoms. The lowest BCUT2D eigenvalue weighted by Gasteiger charge is -2.19. The predicted octanol–water partition coefficient (Wildman–Crippen LogP) is 4.93. The standard InChI is InChI=1S/C13H27BrO/c1-13(2,3)15-12-10-8-6-4-5-7-9-11-14/h4-12H2,1-3H3. The molecule has 0 amide bonds. The summed E-state index contributed by atoms with van der Waals surface area (Å²) < 4.78 is 5.67. The Kier molecular flexibility index (Phi) is 9.93. The van der Waals surface area contributed by atoms with Crippen LogP contribution in [0.3, 0.4) is 0 Å². The fourth-order valence-corrected chi connectivity index (χ4v) is 1.86. The quantitative estimate of drug-likeness (QED) is 0.429. The fraction of sp³-hybridized carbons (Fsp3) is 1.00. The average molecular weight is 279 g/mol. The largest absolute Gasteiger partial charge is 0.376 e. The molecule has 0 N–H and O–H groups in total. The van der Waals surface area contributed by atoms with E-state index in [1.807, 2.05) is 0 Å². The third-order valence-corrected chi connectivity index (χ3v) is 2.87. The summed E-state index contributed by atoms with van der Waals surface area (Å²) in [4.78, 5) is 0. The van der Waals surface area contributed by atoms with Gasteiger partial charge in [-0.15, -0.1) is 0 Å². The fourth-order valence-electron chi connectivity index (χ4n) is 1.46. The minimum Gasteiger partial charge on any atom is -0.376 e. The summed E-state index contributed by atoms with van der Waals surface area (Å²) in [6.45, 7) is 7.28. The molecule has 0 saturated heterocycles. The Labute approximate surface area is 104 Å². The van der Waals surface area contributed by atoms with Crippen molar-refractivity contribution >= 4 is 15.9 Å². The van der Waals surface area contributed by atoms with Gasteiger partial charge in [-0.2, -0.15) is 0 Å². The van der Waals surface area contributed by atoms with Crippen LogP contribution in [0, 0.1) is 0 Å². The summed E-state index contributed by atoms with van der Waals surface area (Å²) in [5.74, 6) is 0. The molecule has 92 valence electrons. The zero-order valence-corrected chi connectivity index (χ0v) is 12.2. The summed E-state index contributed by atoms with van der Waals surface area (Å²) in [7, 11) is 0. The predicted molar refractivity (Wildman–Crippen MR) is 71.8 cm³/mol. The molecule has 0 heterocycles. The second-order valence-corrected chi connectivity index (χ2v) is 5.92. The van der Waals surface area contributed by atoms with Gasteiger partial charge >= 0.3 is 0 Å². The van der Waals surface area contributed by atoms with Crippen LogP contribution in [-0.2, 0) is 4.74 Å². The van der Waals surface area contributed by atoms with Gasteiger partial charge in [-0.25, -0.2) is 0 Å². The van der Waals surface area contributed by atoms with Gasteiger partial charge < -0.3 is 4.74 Å². The maximum Gasteiger partial charge on any atom is 0.0598 e. The molecule has 15 heavy (non-hydrogen) atoms. The molecule has 0 spiro atoms. The van der Waals surface area contributed by atoms with Crippen molar-refractivity contribution in [2.75, 3.05) is 11.9 Å². The molecular weight excluding hydrogens is 252 g/mol. The second-order valence-electron chi connectivity index (χ2n) is 5.12. The third kappa shape index (κ3) is 14.4. The van der Waals surface area contributed by atoms with Gasteiger partial charge in [-0.3, -0.25) is 0 Å². The Balaban J connectivity index is 2.99. The van der Waals surface area contributed by atoms with Gasteiger partial charge in [0, 0.05) is 11.9 Å². The number of hydrogen-bond acceptors (Lipinski definition) is 1. The molecule has 0 fully saturated rings. The molecule has 0 aliphatic heterocycles. The first-order valence-electron chi connectivity index (χ1n) is 6.26. The van der Waals surface area contributed by atoms with Crippen molar-refractivity contribution in [1.82, 2.24) is 0 Å². The van der Waals surface area contributed by atoms with E-state index in [0.29, 0.717) is 0 Å². The summed E-state index contributed by atoms with van der Waals surface area (Å²) in [6.07, 6.45) is 9.40. The molecule has 0 aliphatic carbocycles. The van der Waals surface area contributed by atoms with Gasteiger partial charge in [-0.05, 0) is 33.6 Å². The topological polar surface area (TPSA) is 9.23 Å². The lowest BCUT2D eigenvalue weighted by atomic mass is 10.1. The Morgan fingerprint density at radius 1 is 0.800 bits per heavy atom. The molecule has 0 radical (unpaired) electrons. The van der Waals surface area contributed by atoms with E-state index < -0.39 is 0 Å². The molecule has 0 saturated carbocycles. The van der Waals surface area contributed by atoms with Crippen LogP contribution < -0.4 is 0 Å². The van der Waals surface area contributed by atoms with Crippen LogP contribution in [0.5, 0.6) is 0 Å². The first kappa shape index (κ1) is 15.4. The van der Waals surface area contributed by atoms with Gasteiger partial charge in [0.15, 0.2) is 0 Å². The van der Waals surface area contributed by atoms with Crippen molar-refractivity contribution in [2.24, 2.45) is 0 Å². The molecule has 0 unspecified atom stereocenters. The Bertz CT molecular complexity index is 129. The number of unbranched alkanes of at least 4 members (excludes halogenated alkanes) is 6. The van der Waals surface area contributed by atoms with Crippen LogP contribution in [0.1, 0.15) is 65.7 Å². The summed E-state index contributed by atoms with van der Waals surface area (Å²) >= 11 is 3.45. The van der Waals surface area contributed by atoms with Gasteiger partial charge in [0.05, 0.1) is 5.60 Å². The van der Waals surface area contributed by atoms with E-state index >= 15 is 0 Å². The highest BCUT2D eigenvalue weighted by molar-refractivity contribution is 9.09. The van der Waals surface area contributed by atoms with Crippen molar-refractivity contribution < 1.29 is 4.74 Å². The van der Waals surface area contributed by atoms with Crippen molar-refractivity contribution in [3.8, 4) is 0 Å². The van der Waals surface area contributed by atoms with Crippen LogP contribution in [0.25, 0.3) is 0 Å². The van der Waals surface area contributed by atoms with Crippen LogP contribution in [0.4, 0.5) is 0 Å². The highest BCUT2D eigenvalue weighted by Gasteiger charge is 2.08. The first-order valence-corrected chi connectivity index (χ1v) is 7.38. The van der Waals surface area contributed by atoms with E-state index in [1.54, 1.807) is 0 Å². The highest BCUT2D eigenvalue weighted by atomic mass is 79.9. The second kappa shape index (κ2) is 9.65. The molecular formula is C13H27BrO. The van der Waals surface area contributed by atoms with E-state index in [2.05, 4.69) is 36.7 Å². The first-order chi connectivity index (χ1) is 7.06. The maximum absolute atomic E-state index is 5.67. The smallest absolute Gasteiger partial charge is 0.0598 e. The maximum atomic E-state index is 5.67. The van der Waals surface area contributed by atoms with E-state index in [9.17, 15) is 0 Å². The van der Waals surface area contributed by atoms with Gasteiger partial charge in [0.1, 0.15) is 0 Å². The number of ether oxygens (including phenoxy) is 1. The molecule has 0 atom stereocenters. The summed E-state index contributed by atoms with van der Waals surface area (Å²) in [5, 5.41) is 1.16. The SMILES string of the molecule is CC(C)(C)OCCCCCCCCCBr. The van der Waals surface area contributed by atoms with Crippen LogP contribution in [0.15, 0.2) is 0 Å². The Hall–Kier alpha value is 0.440. The normalized spacial score (nSPS) is 12.0. The summed E-state index contributed by atoms with van der Waals surface area (Å²) in [5.41, 5.74) is 0.0376. The highest BCUT2D eigenvalue weighted by Crippen LogP contribution is 2.11. The molecule has 0 aromatic heterocycles. The van der Waals surface area contributed by atoms with Crippen LogP contribution in [0.2, 0.25) is 0 Å². The lowest BCUT2D eigenvalue weighted by molar-refractivity contribution is -0.00474. The Morgan fingerprint density at radius 2 is 1.27 bits per heavy atom. The molecule has 0 aromatic carbocycles. The lowest BCUT2D eigenvalue weighted by Crippen LogP contribution is -2.19. The van der Waals surface area contributed by atoms with Gasteiger partial charge in [0.2, 0.25) is 0 Å². The van der Waals surface area contributed by atoms with E-state index in [1.165, 1.54) is 44.9 Å². The molecule has 0 aromatic rings. The van der Waals surface area contributed by atoms with Crippen molar-refractivity contribution in [3.05, 3.63) is 0 Å². The van der Waals surface area contributed by atoms with Gasteiger partial charge in [-0.1, -0.05) is 48.0 Å². The van der Waals surface area contributed by atoms with Crippen molar-refractivity contribution in [1.29, 1.82) is 0 Å². The molecule has 0 rings (SSSR count). The molecule has 0 aliphatic rings. The number of rotatable bonds is 9. The van der Waals surface area contributed by atoms with Crippen LogP contribution >= 0.6 is 15.9 Å². The monoisotopic (exact) mass is 278 g/mol. The Morgan fingerprint density at radius 3 is 1.73 bits per heavy atom. The third-order valence-electron chi connectivity index (χ3n) is 2.31. The van der Waals surface area contributed by atoms with Crippen molar-refractivity contribution in [3.63, 3.8) is 0 Å². The molecule has 1 nitrogen and oxygen atoms in total. The number of alkyl halides is 1. The van der Waals surface area contributed by atoms with Crippen LogP contribution in [-0.4, -0.2) is 17.5 Å². The minimum absolute atomic E-state index is 0.0376.